The smallest absolute Gasteiger partial charge is 0.407 e. The molecule has 4 heteroatoms. The van der Waals surface area contributed by atoms with Gasteiger partial charge in [0, 0.05) is 18.6 Å². The van der Waals surface area contributed by atoms with Gasteiger partial charge >= 0.3 is 6.09 Å². The number of alkyl carbamates (subject to hydrolysis) is 1. The van der Waals surface area contributed by atoms with E-state index in [4.69, 9.17) is 4.74 Å². The average Bonchev–Trinajstić information content (AvgIpc) is 2.88. The average molecular weight is 327 g/mol. The normalized spacial score (nSPS) is 22.8. The molecule has 0 aromatic rings. The molecule has 1 aliphatic rings. The molecule has 1 fully saturated rings. The Balaban J connectivity index is 2.41. The quantitative estimate of drug-likeness (QED) is 0.649. The summed E-state index contributed by atoms with van der Waals surface area (Å²) in [6.07, 6.45) is 9.70. The summed E-state index contributed by atoms with van der Waals surface area (Å²) in [6, 6.07) is 1.17. The van der Waals surface area contributed by atoms with Gasteiger partial charge in [-0.05, 0) is 52.4 Å². The fourth-order valence-corrected chi connectivity index (χ4v) is 3.44. The Morgan fingerprint density at radius 2 is 1.91 bits per heavy atom. The molecule has 0 aromatic carbocycles. The molecule has 0 aromatic heterocycles. The lowest BCUT2D eigenvalue weighted by molar-refractivity contribution is 0.0517. The zero-order valence-electron chi connectivity index (χ0n) is 15.9. The molecular weight excluding hydrogens is 288 g/mol. The van der Waals surface area contributed by atoms with E-state index in [9.17, 15) is 4.79 Å². The maximum Gasteiger partial charge on any atom is 0.407 e. The third-order valence-electron chi connectivity index (χ3n) is 4.56. The minimum Gasteiger partial charge on any atom is -0.444 e. The number of nitrogens with one attached hydrogen (secondary N) is 2. The summed E-state index contributed by atoms with van der Waals surface area (Å²) < 4.78 is 5.34. The Morgan fingerprint density at radius 1 is 1.17 bits per heavy atom. The van der Waals surface area contributed by atoms with Crippen molar-refractivity contribution in [3.05, 3.63) is 0 Å². The number of ether oxygens (including phenoxy) is 1. The van der Waals surface area contributed by atoms with Crippen LogP contribution in [-0.2, 0) is 4.74 Å². The second-order valence-corrected chi connectivity index (χ2v) is 7.97. The largest absolute Gasteiger partial charge is 0.444 e. The van der Waals surface area contributed by atoms with Crippen LogP contribution in [0.25, 0.3) is 0 Å². The second kappa shape index (κ2) is 10.2. The Bertz CT molecular complexity index is 339. The van der Waals surface area contributed by atoms with E-state index < -0.39 is 5.60 Å². The number of hydrogen-bond donors (Lipinski definition) is 2. The Hall–Kier alpha value is -0.770. The van der Waals surface area contributed by atoms with Crippen LogP contribution in [0.5, 0.6) is 0 Å². The zero-order chi connectivity index (χ0) is 17.3. The third kappa shape index (κ3) is 8.59. The van der Waals surface area contributed by atoms with E-state index in [1.54, 1.807) is 0 Å². The fourth-order valence-electron chi connectivity index (χ4n) is 3.44. The van der Waals surface area contributed by atoms with Crippen molar-refractivity contribution in [3.63, 3.8) is 0 Å². The van der Waals surface area contributed by atoms with Crippen LogP contribution >= 0.6 is 0 Å². The first-order chi connectivity index (χ1) is 10.9. The van der Waals surface area contributed by atoms with Crippen LogP contribution in [0, 0.1) is 5.92 Å². The first-order valence-corrected chi connectivity index (χ1v) is 9.58. The molecule has 4 nitrogen and oxygen atoms in total. The maximum atomic E-state index is 11.8. The van der Waals surface area contributed by atoms with Gasteiger partial charge in [-0.2, -0.15) is 0 Å². The Morgan fingerprint density at radius 3 is 2.52 bits per heavy atom. The monoisotopic (exact) mass is 326 g/mol. The lowest BCUT2D eigenvalue weighted by Gasteiger charge is -2.28. The van der Waals surface area contributed by atoms with E-state index in [-0.39, 0.29) is 6.09 Å². The number of unbranched alkanes of at least 4 members (excludes halogenated alkanes) is 1. The van der Waals surface area contributed by atoms with Gasteiger partial charge in [0.05, 0.1) is 0 Å². The van der Waals surface area contributed by atoms with Gasteiger partial charge in [-0.15, -0.1) is 0 Å². The SMILES string of the molecule is CCCCC(CCC)NC1CCCC1CNC(=O)OC(C)(C)C. The van der Waals surface area contributed by atoms with Crippen LogP contribution in [0.4, 0.5) is 4.79 Å². The summed E-state index contributed by atoms with van der Waals surface area (Å²) in [4.78, 5) is 11.8. The standard InChI is InChI=1S/C19H38N2O2/c1-6-8-12-16(10-7-2)21-17-13-9-11-15(17)14-20-18(22)23-19(3,4)5/h15-17,21H,6-14H2,1-5H3,(H,20,22). The summed E-state index contributed by atoms with van der Waals surface area (Å²) in [5, 5.41) is 6.84. The zero-order valence-corrected chi connectivity index (χ0v) is 15.9. The number of amides is 1. The molecule has 0 spiro atoms. The molecule has 0 heterocycles. The molecule has 0 saturated heterocycles. The lowest BCUT2D eigenvalue weighted by atomic mass is 9.99. The van der Waals surface area contributed by atoms with Crippen LogP contribution < -0.4 is 10.6 Å². The van der Waals surface area contributed by atoms with Crippen LogP contribution in [0.2, 0.25) is 0 Å². The molecule has 23 heavy (non-hydrogen) atoms. The third-order valence-corrected chi connectivity index (χ3v) is 4.56. The number of carbonyl (C=O) groups is 1. The van der Waals surface area contributed by atoms with Crippen LogP contribution in [0.3, 0.4) is 0 Å². The van der Waals surface area contributed by atoms with Gasteiger partial charge in [-0.3, -0.25) is 0 Å². The molecule has 1 saturated carbocycles. The highest BCUT2D eigenvalue weighted by molar-refractivity contribution is 5.67. The first-order valence-electron chi connectivity index (χ1n) is 9.58. The molecule has 2 N–H and O–H groups in total. The van der Waals surface area contributed by atoms with Gasteiger partial charge in [0.1, 0.15) is 5.60 Å². The predicted molar refractivity (Wildman–Crippen MR) is 96.7 cm³/mol. The molecule has 0 bridgehead atoms. The van der Waals surface area contributed by atoms with Crippen LogP contribution in [0.1, 0.15) is 86.0 Å². The van der Waals surface area contributed by atoms with Gasteiger partial charge in [0.15, 0.2) is 0 Å². The van der Waals surface area contributed by atoms with Gasteiger partial charge in [0.2, 0.25) is 0 Å². The predicted octanol–water partition coefficient (Wildman–Crippen LogP) is 4.63. The minimum absolute atomic E-state index is 0.292. The molecule has 1 amide bonds. The molecule has 1 rings (SSSR count). The van der Waals surface area contributed by atoms with E-state index in [2.05, 4.69) is 24.5 Å². The summed E-state index contributed by atoms with van der Waals surface area (Å²) in [7, 11) is 0. The number of hydrogen-bond acceptors (Lipinski definition) is 3. The van der Waals surface area contributed by atoms with E-state index in [0.29, 0.717) is 18.0 Å². The van der Waals surface area contributed by atoms with Crippen molar-refractivity contribution in [2.75, 3.05) is 6.54 Å². The fraction of sp³-hybridized carbons (Fsp3) is 0.947. The molecule has 0 aliphatic heterocycles. The van der Waals surface area contributed by atoms with Gasteiger partial charge in [-0.25, -0.2) is 4.79 Å². The second-order valence-electron chi connectivity index (χ2n) is 7.97. The van der Waals surface area contributed by atoms with Gasteiger partial charge in [-0.1, -0.05) is 39.5 Å². The van der Waals surface area contributed by atoms with E-state index in [1.165, 1.54) is 51.4 Å². The van der Waals surface area contributed by atoms with Gasteiger partial charge in [0.25, 0.3) is 0 Å². The van der Waals surface area contributed by atoms with Crippen LogP contribution in [-0.4, -0.2) is 30.3 Å². The topological polar surface area (TPSA) is 50.4 Å². The highest BCUT2D eigenvalue weighted by atomic mass is 16.6. The van der Waals surface area contributed by atoms with Crippen molar-refractivity contribution in [1.82, 2.24) is 10.6 Å². The van der Waals surface area contributed by atoms with E-state index in [1.807, 2.05) is 20.8 Å². The minimum atomic E-state index is -0.427. The van der Waals surface area contributed by atoms with Crippen LogP contribution in [0.15, 0.2) is 0 Å². The van der Waals surface area contributed by atoms with Crippen molar-refractivity contribution < 1.29 is 9.53 Å². The summed E-state index contributed by atoms with van der Waals surface area (Å²) in [6.45, 7) is 10.9. The number of rotatable bonds is 9. The molecule has 0 radical (unpaired) electrons. The first kappa shape index (κ1) is 20.3. The molecular formula is C19H38N2O2. The van der Waals surface area contributed by atoms with Crippen molar-refractivity contribution in [2.45, 2.75) is 104 Å². The Kier molecular flexibility index (Phi) is 8.96. The molecule has 136 valence electrons. The summed E-state index contributed by atoms with van der Waals surface area (Å²) >= 11 is 0. The lowest BCUT2D eigenvalue weighted by Crippen LogP contribution is -2.44. The van der Waals surface area contributed by atoms with Gasteiger partial charge < -0.3 is 15.4 Å². The van der Waals surface area contributed by atoms with Crippen molar-refractivity contribution in [3.8, 4) is 0 Å². The van der Waals surface area contributed by atoms with Crippen molar-refractivity contribution in [1.29, 1.82) is 0 Å². The summed E-state index contributed by atoms with van der Waals surface area (Å²) in [5.74, 6) is 0.531. The highest BCUT2D eigenvalue weighted by Crippen LogP contribution is 2.26. The molecule has 3 unspecified atom stereocenters. The van der Waals surface area contributed by atoms with Crippen molar-refractivity contribution >= 4 is 6.09 Å². The Labute approximate surface area is 143 Å². The van der Waals surface area contributed by atoms with Crippen molar-refractivity contribution in [2.24, 2.45) is 5.92 Å². The number of carbonyl (C=O) groups excluding carboxylic acids is 1. The van der Waals surface area contributed by atoms with E-state index in [0.717, 1.165) is 6.54 Å². The summed E-state index contributed by atoms with van der Waals surface area (Å²) in [5.41, 5.74) is -0.427. The molecule has 3 atom stereocenters. The maximum absolute atomic E-state index is 11.8. The van der Waals surface area contributed by atoms with E-state index >= 15 is 0 Å². The molecule has 1 aliphatic carbocycles. The highest BCUT2D eigenvalue weighted by Gasteiger charge is 2.29.